The molecule has 0 spiro atoms. The second-order valence-electron chi connectivity index (χ2n) is 6.06. The van der Waals surface area contributed by atoms with Gasteiger partial charge in [-0.2, -0.15) is 0 Å². The van der Waals surface area contributed by atoms with Gasteiger partial charge in [-0.25, -0.2) is 14.8 Å². The van der Waals surface area contributed by atoms with Gasteiger partial charge in [0.1, 0.15) is 5.82 Å². The highest BCUT2D eigenvalue weighted by Crippen LogP contribution is 2.31. The molecule has 2 aromatic heterocycles. The zero-order valence-electron chi connectivity index (χ0n) is 14.6. The first kappa shape index (κ1) is 17.5. The second kappa shape index (κ2) is 7.12. The van der Waals surface area contributed by atoms with Crippen LogP contribution in [0.1, 0.15) is 54.1 Å². The Balaban J connectivity index is 2.02. The van der Waals surface area contributed by atoms with Crippen LogP contribution in [0.3, 0.4) is 0 Å². The van der Waals surface area contributed by atoms with Gasteiger partial charge in [0, 0.05) is 37.3 Å². The number of imidazole rings is 1. The fourth-order valence-corrected chi connectivity index (χ4v) is 3.43. The zero-order chi connectivity index (χ0) is 17.1. The number of aromatic nitrogens is 3. The van der Waals surface area contributed by atoms with E-state index in [-0.39, 0.29) is 12.1 Å². The standard InChI is InChI=1S/C16H25N5OS/c1-10(2)15-19-11(3)14(23-15)12(4)21(6)16(22)18-9-13-17-7-8-20(13)5/h7-8,10,12H,9H2,1-6H3,(H,18,22). The van der Waals surface area contributed by atoms with E-state index in [4.69, 9.17) is 0 Å². The van der Waals surface area contributed by atoms with Crippen LogP contribution in [0.15, 0.2) is 12.4 Å². The number of rotatable bonds is 5. The van der Waals surface area contributed by atoms with E-state index in [0.29, 0.717) is 12.5 Å². The molecule has 0 aliphatic heterocycles. The molecule has 6 nitrogen and oxygen atoms in total. The van der Waals surface area contributed by atoms with Crippen LogP contribution in [0.2, 0.25) is 0 Å². The molecule has 0 radical (unpaired) electrons. The number of nitrogens with one attached hydrogen (secondary N) is 1. The van der Waals surface area contributed by atoms with Crippen molar-refractivity contribution in [1.29, 1.82) is 0 Å². The number of hydrogen-bond donors (Lipinski definition) is 1. The number of nitrogens with zero attached hydrogens (tertiary/aromatic N) is 4. The van der Waals surface area contributed by atoms with Crippen LogP contribution >= 0.6 is 11.3 Å². The average molecular weight is 335 g/mol. The van der Waals surface area contributed by atoms with Crippen molar-refractivity contribution in [3.63, 3.8) is 0 Å². The second-order valence-corrected chi connectivity index (χ2v) is 7.12. The summed E-state index contributed by atoms with van der Waals surface area (Å²) in [5.74, 6) is 1.23. The van der Waals surface area contributed by atoms with E-state index >= 15 is 0 Å². The van der Waals surface area contributed by atoms with Crippen LogP contribution in [0.25, 0.3) is 0 Å². The molecule has 0 saturated heterocycles. The molecule has 2 aromatic rings. The molecule has 2 amide bonds. The van der Waals surface area contributed by atoms with Gasteiger partial charge in [-0.1, -0.05) is 13.8 Å². The first-order valence-electron chi connectivity index (χ1n) is 7.75. The van der Waals surface area contributed by atoms with Crippen LogP contribution in [-0.4, -0.2) is 32.5 Å². The number of urea groups is 1. The van der Waals surface area contributed by atoms with Crippen molar-refractivity contribution in [3.05, 3.63) is 33.8 Å². The summed E-state index contributed by atoms with van der Waals surface area (Å²) in [6.07, 6.45) is 3.59. The lowest BCUT2D eigenvalue weighted by molar-refractivity contribution is 0.194. The van der Waals surface area contributed by atoms with Gasteiger partial charge >= 0.3 is 6.03 Å². The molecule has 2 heterocycles. The van der Waals surface area contributed by atoms with Gasteiger partial charge in [0.05, 0.1) is 23.3 Å². The quantitative estimate of drug-likeness (QED) is 0.912. The van der Waals surface area contributed by atoms with Crippen molar-refractivity contribution < 1.29 is 4.79 Å². The van der Waals surface area contributed by atoms with E-state index in [9.17, 15) is 4.79 Å². The number of aryl methyl sites for hydroxylation is 2. The third-order valence-electron chi connectivity index (χ3n) is 3.94. The van der Waals surface area contributed by atoms with Crippen LogP contribution < -0.4 is 5.32 Å². The van der Waals surface area contributed by atoms with Crippen LogP contribution in [0.5, 0.6) is 0 Å². The topological polar surface area (TPSA) is 63.1 Å². The smallest absolute Gasteiger partial charge is 0.318 e. The predicted molar refractivity (Wildman–Crippen MR) is 92.6 cm³/mol. The molecule has 0 saturated carbocycles. The highest BCUT2D eigenvalue weighted by Gasteiger charge is 2.22. The van der Waals surface area contributed by atoms with Crippen molar-refractivity contribution >= 4 is 17.4 Å². The molecule has 1 unspecified atom stereocenters. The van der Waals surface area contributed by atoms with E-state index in [1.165, 1.54) is 0 Å². The minimum Gasteiger partial charge on any atom is -0.337 e. The maximum atomic E-state index is 12.4. The lowest BCUT2D eigenvalue weighted by Gasteiger charge is -2.24. The van der Waals surface area contributed by atoms with Gasteiger partial charge in [0.15, 0.2) is 0 Å². The number of carbonyl (C=O) groups is 1. The fraction of sp³-hybridized carbons (Fsp3) is 0.562. The summed E-state index contributed by atoms with van der Waals surface area (Å²) in [5, 5.41) is 4.03. The molecule has 1 N–H and O–H groups in total. The molecule has 1 atom stereocenters. The van der Waals surface area contributed by atoms with Crippen molar-refractivity contribution in [2.75, 3.05) is 7.05 Å². The van der Waals surface area contributed by atoms with E-state index in [2.05, 4.69) is 29.1 Å². The summed E-state index contributed by atoms with van der Waals surface area (Å²) in [7, 11) is 3.72. The molecule has 0 fully saturated rings. The van der Waals surface area contributed by atoms with E-state index in [1.54, 1.807) is 22.4 Å². The summed E-state index contributed by atoms with van der Waals surface area (Å²) < 4.78 is 1.89. The predicted octanol–water partition coefficient (Wildman–Crippen LogP) is 3.21. The van der Waals surface area contributed by atoms with Crippen molar-refractivity contribution in [1.82, 2.24) is 24.8 Å². The number of carbonyl (C=O) groups excluding carboxylic acids is 1. The van der Waals surface area contributed by atoms with Crippen LogP contribution in [0.4, 0.5) is 4.79 Å². The summed E-state index contributed by atoms with van der Waals surface area (Å²) >= 11 is 1.69. The third-order valence-corrected chi connectivity index (χ3v) is 5.57. The Hall–Kier alpha value is -1.89. The summed E-state index contributed by atoms with van der Waals surface area (Å²) in [5.41, 5.74) is 1.01. The highest BCUT2D eigenvalue weighted by molar-refractivity contribution is 7.11. The minimum absolute atomic E-state index is 0.0126. The lowest BCUT2D eigenvalue weighted by atomic mass is 10.2. The molecule has 126 valence electrons. The van der Waals surface area contributed by atoms with Gasteiger partial charge in [-0.05, 0) is 13.8 Å². The maximum absolute atomic E-state index is 12.4. The first-order valence-corrected chi connectivity index (χ1v) is 8.57. The molecule has 0 bridgehead atoms. The third kappa shape index (κ3) is 3.90. The number of hydrogen-bond acceptors (Lipinski definition) is 4. The Labute approximate surface area is 141 Å². The zero-order valence-corrected chi connectivity index (χ0v) is 15.4. The van der Waals surface area contributed by atoms with E-state index < -0.39 is 0 Å². The van der Waals surface area contributed by atoms with Gasteiger partial charge in [0.2, 0.25) is 0 Å². The monoisotopic (exact) mass is 335 g/mol. The SMILES string of the molecule is Cc1nc(C(C)C)sc1C(C)N(C)C(=O)NCc1nccn1C. The van der Waals surface area contributed by atoms with E-state index in [0.717, 1.165) is 21.4 Å². The Bertz CT molecular complexity index is 676. The van der Waals surface area contributed by atoms with Gasteiger partial charge in [0.25, 0.3) is 0 Å². The highest BCUT2D eigenvalue weighted by atomic mass is 32.1. The Kier molecular flexibility index (Phi) is 5.41. The van der Waals surface area contributed by atoms with Crippen molar-refractivity contribution in [2.24, 2.45) is 7.05 Å². The van der Waals surface area contributed by atoms with Gasteiger partial charge < -0.3 is 14.8 Å². The molecule has 23 heavy (non-hydrogen) atoms. The largest absolute Gasteiger partial charge is 0.337 e. The molecule has 2 rings (SSSR count). The molecule has 0 aliphatic rings. The minimum atomic E-state index is -0.112. The Morgan fingerprint density at radius 2 is 2.13 bits per heavy atom. The Morgan fingerprint density at radius 1 is 1.43 bits per heavy atom. The van der Waals surface area contributed by atoms with Crippen molar-refractivity contribution in [2.45, 2.75) is 46.2 Å². The summed E-state index contributed by atoms with van der Waals surface area (Å²) in [6, 6.07) is -0.124. The van der Waals surface area contributed by atoms with Crippen LogP contribution in [0, 0.1) is 6.92 Å². The lowest BCUT2D eigenvalue weighted by Crippen LogP contribution is -2.38. The molecule has 7 heteroatoms. The van der Waals surface area contributed by atoms with Crippen LogP contribution in [-0.2, 0) is 13.6 Å². The van der Waals surface area contributed by atoms with Crippen molar-refractivity contribution in [3.8, 4) is 0 Å². The average Bonchev–Trinajstić information content (AvgIpc) is 3.09. The molecular weight excluding hydrogens is 310 g/mol. The van der Waals surface area contributed by atoms with E-state index in [1.807, 2.05) is 38.7 Å². The number of amides is 2. The van der Waals surface area contributed by atoms with Gasteiger partial charge in [-0.15, -0.1) is 11.3 Å². The normalized spacial score (nSPS) is 12.5. The fourth-order valence-electron chi connectivity index (χ4n) is 2.26. The Morgan fingerprint density at radius 3 is 2.65 bits per heavy atom. The molecule has 0 aliphatic carbocycles. The van der Waals surface area contributed by atoms with Gasteiger partial charge in [-0.3, -0.25) is 0 Å². The molecule has 0 aromatic carbocycles. The first-order chi connectivity index (χ1) is 10.8. The number of thiazole rings is 1. The summed E-state index contributed by atoms with van der Waals surface area (Å²) in [6.45, 7) is 8.73. The maximum Gasteiger partial charge on any atom is 0.318 e. The molecular formula is C16H25N5OS. The summed E-state index contributed by atoms with van der Waals surface area (Å²) in [4.78, 5) is 24.1.